The molecule has 448 valence electrons. The summed E-state index contributed by atoms with van der Waals surface area (Å²) < 4.78 is 17.0. The van der Waals surface area contributed by atoms with Crippen LogP contribution in [-0.4, -0.2) is 37.2 Å². The van der Waals surface area contributed by atoms with Gasteiger partial charge in [-0.2, -0.15) is 0 Å². The van der Waals surface area contributed by atoms with E-state index < -0.39 is 6.10 Å². The minimum atomic E-state index is -0.770. The molecule has 1 atom stereocenters. The lowest BCUT2D eigenvalue weighted by atomic mass is 10.0. The van der Waals surface area contributed by atoms with Crippen LogP contribution in [0.25, 0.3) is 0 Å². The fourth-order valence-electron chi connectivity index (χ4n) is 10.5. The van der Waals surface area contributed by atoms with Gasteiger partial charge in [-0.1, -0.05) is 340 Å². The van der Waals surface area contributed by atoms with Crippen LogP contribution in [0, 0.1) is 0 Å². The van der Waals surface area contributed by atoms with Gasteiger partial charge in [0.1, 0.15) is 13.2 Å². The largest absolute Gasteiger partial charge is 0.462 e. The van der Waals surface area contributed by atoms with Crippen molar-refractivity contribution in [3.8, 4) is 0 Å². The molecule has 0 fully saturated rings. The number of allylic oxidation sites excluding steroid dienone is 4. The van der Waals surface area contributed by atoms with Crippen LogP contribution >= 0.6 is 0 Å². The number of hydrogen-bond donors (Lipinski definition) is 0. The van der Waals surface area contributed by atoms with Gasteiger partial charge in [0.25, 0.3) is 0 Å². The van der Waals surface area contributed by atoms with E-state index in [0.29, 0.717) is 19.3 Å². The Bertz CT molecular complexity index is 1230. The van der Waals surface area contributed by atoms with Crippen molar-refractivity contribution >= 4 is 17.9 Å². The Labute approximate surface area is 474 Å². The van der Waals surface area contributed by atoms with Crippen molar-refractivity contribution in [2.75, 3.05) is 13.2 Å². The van der Waals surface area contributed by atoms with Gasteiger partial charge < -0.3 is 14.2 Å². The van der Waals surface area contributed by atoms with Crippen LogP contribution in [0.5, 0.6) is 0 Å². The van der Waals surface area contributed by atoms with Crippen molar-refractivity contribution in [2.45, 2.75) is 393 Å². The summed E-state index contributed by atoms with van der Waals surface area (Å²) in [6.45, 7) is 6.70. The summed E-state index contributed by atoms with van der Waals surface area (Å²) in [4.78, 5) is 38.4. The molecule has 0 saturated heterocycles. The summed E-state index contributed by atoms with van der Waals surface area (Å²) in [6, 6.07) is 0. The van der Waals surface area contributed by atoms with Crippen molar-refractivity contribution in [3.63, 3.8) is 0 Å². The Morgan fingerprint density at radius 1 is 0.263 bits per heavy atom. The molecule has 0 rings (SSSR count). The second-order valence-electron chi connectivity index (χ2n) is 23.5. The molecule has 0 aliphatic rings. The van der Waals surface area contributed by atoms with Gasteiger partial charge in [0.05, 0.1) is 0 Å². The van der Waals surface area contributed by atoms with E-state index in [2.05, 4.69) is 45.1 Å². The van der Waals surface area contributed by atoms with Gasteiger partial charge in [0.15, 0.2) is 6.10 Å². The number of rotatable bonds is 64. The smallest absolute Gasteiger partial charge is 0.306 e. The molecule has 6 nitrogen and oxygen atoms in total. The maximum absolute atomic E-state index is 12.9. The molecule has 0 bridgehead atoms. The molecule has 0 aliphatic carbocycles. The Balaban J connectivity index is 4.30. The zero-order valence-electron chi connectivity index (χ0n) is 51.6. The van der Waals surface area contributed by atoms with E-state index in [1.54, 1.807) is 0 Å². The van der Waals surface area contributed by atoms with Crippen LogP contribution in [-0.2, 0) is 28.6 Å². The lowest BCUT2D eigenvalue weighted by Crippen LogP contribution is -2.30. The predicted octanol–water partition coefficient (Wildman–Crippen LogP) is 23.4. The summed E-state index contributed by atoms with van der Waals surface area (Å²) in [5, 5.41) is 0. The molecule has 76 heavy (non-hydrogen) atoms. The first-order valence-electron chi connectivity index (χ1n) is 34.3. The lowest BCUT2D eigenvalue weighted by molar-refractivity contribution is -0.167. The van der Waals surface area contributed by atoms with Crippen LogP contribution in [0.2, 0.25) is 0 Å². The molecular weight excluding hydrogens is 937 g/mol. The zero-order chi connectivity index (χ0) is 55.0. The van der Waals surface area contributed by atoms with Gasteiger partial charge in [0.2, 0.25) is 0 Å². The lowest BCUT2D eigenvalue weighted by Gasteiger charge is -2.18. The normalized spacial score (nSPS) is 12.1. The van der Waals surface area contributed by atoms with Gasteiger partial charge in [-0.25, -0.2) is 0 Å². The molecule has 6 heteroatoms. The van der Waals surface area contributed by atoms with Gasteiger partial charge in [-0.05, 0) is 51.4 Å². The van der Waals surface area contributed by atoms with E-state index in [-0.39, 0.29) is 31.1 Å². The highest BCUT2D eigenvalue weighted by Crippen LogP contribution is 2.19. The van der Waals surface area contributed by atoms with Crippen molar-refractivity contribution in [2.24, 2.45) is 0 Å². The van der Waals surface area contributed by atoms with Crippen molar-refractivity contribution in [3.05, 3.63) is 24.3 Å². The molecule has 0 saturated carbocycles. The van der Waals surface area contributed by atoms with Crippen molar-refractivity contribution in [1.82, 2.24) is 0 Å². The third-order valence-electron chi connectivity index (χ3n) is 15.7. The van der Waals surface area contributed by atoms with E-state index >= 15 is 0 Å². The van der Waals surface area contributed by atoms with Gasteiger partial charge in [-0.3, -0.25) is 14.4 Å². The van der Waals surface area contributed by atoms with Crippen LogP contribution in [0.3, 0.4) is 0 Å². The SMILES string of the molecule is CCCCC/C=C\C/C=C\CCCCCCCCCCCC(=O)OC(COC(=O)CCCCCCCCCCCCCCCCCCCC)COC(=O)CCCCCCCCCCCCCCCCCCCCCCC. The van der Waals surface area contributed by atoms with Crippen LogP contribution in [0.4, 0.5) is 0 Å². The summed E-state index contributed by atoms with van der Waals surface area (Å²) >= 11 is 0. The second kappa shape index (κ2) is 65.4. The monoisotopic (exact) mass is 1070 g/mol. The first-order chi connectivity index (χ1) is 37.5. The standard InChI is InChI=1S/C70H132O6/c1-4-7-10-13-16-19-22-25-28-31-34-35-37-39-42-45-48-51-54-57-60-63-69(72)75-66-67(65-74-68(71)62-59-56-53-50-47-44-41-38-33-30-27-24-21-18-15-12-9-6-3)76-70(73)64-61-58-55-52-49-46-43-40-36-32-29-26-23-20-17-14-11-8-5-2/h17,20,26,29,67H,4-16,18-19,21-25,27-28,30-66H2,1-3H3/b20-17-,29-26-. The Morgan fingerprint density at radius 3 is 0.750 bits per heavy atom. The maximum atomic E-state index is 12.9. The van der Waals surface area contributed by atoms with Crippen LogP contribution in [0.1, 0.15) is 387 Å². The molecule has 0 aromatic heterocycles. The van der Waals surface area contributed by atoms with E-state index in [0.717, 1.165) is 64.2 Å². The predicted molar refractivity (Wildman–Crippen MR) is 330 cm³/mol. The Morgan fingerprint density at radius 2 is 0.474 bits per heavy atom. The van der Waals surface area contributed by atoms with Gasteiger partial charge >= 0.3 is 17.9 Å². The quantitative estimate of drug-likeness (QED) is 0.0261. The molecule has 0 radical (unpaired) electrons. The summed E-state index contributed by atoms with van der Waals surface area (Å²) in [6.07, 6.45) is 79.0. The molecule has 0 spiro atoms. The Hall–Kier alpha value is -2.11. The summed E-state index contributed by atoms with van der Waals surface area (Å²) in [5.41, 5.74) is 0. The Kier molecular flexibility index (Phi) is 63.6. The summed E-state index contributed by atoms with van der Waals surface area (Å²) in [5.74, 6) is -0.837. The summed E-state index contributed by atoms with van der Waals surface area (Å²) in [7, 11) is 0. The topological polar surface area (TPSA) is 78.9 Å². The van der Waals surface area contributed by atoms with E-state index in [4.69, 9.17) is 14.2 Å². The number of hydrogen-bond acceptors (Lipinski definition) is 6. The minimum Gasteiger partial charge on any atom is -0.462 e. The number of ether oxygens (including phenoxy) is 3. The number of carbonyl (C=O) groups is 3. The molecule has 0 aliphatic heterocycles. The second-order valence-corrected chi connectivity index (χ2v) is 23.5. The molecule has 0 heterocycles. The third kappa shape index (κ3) is 62.7. The van der Waals surface area contributed by atoms with Gasteiger partial charge in [0, 0.05) is 19.3 Å². The van der Waals surface area contributed by atoms with Crippen LogP contribution in [0.15, 0.2) is 24.3 Å². The molecule has 0 N–H and O–H groups in total. The van der Waals surface area contributed by atoms with Gasteiger partial charge in [-0.15, -0.1) is 0 Å². The average molecular weight is 1070 g/mol. The van der Waals surface area contributed by atoms with E-state index in [1.807, 2.05) is 0 Å². The zero-order valence-corrected chi connectivity index (χ0v) is 51.6. The fraction of sp³-hybridized carbons (Fsp3) is 0.900. The highest BCUT2D eigenvalue weighted by atomic mass is 16.6. The average Bonchev–Trinajstić information content (AvgIpc) is 3.42. The van der Waals surface area contributed by atoms with Crippen LogP contribution < -0.4 is 0 Å². The highest BCUT2D eigenvalue weighted by molar-refractivity contribution is 5.71. The highest BCUT2D eigenvalue weighted by Gasteiger charge is 2.19. The minimum absolute atomic E-state index is 0.0663. The molecule has 1 unspecified atom stereocenters. The maximum Gasteiger partial charge on any atom is 0.306 e. The molecule has 0 aromatic rings. The number of carbonyl (C=O) groups excluding carboxylic acids is 3. The molecule has 0 aromatic carbocycles. The first-order valence-corrected chi connectivity index (χ1v) is 34.3. The van der Waals surface area contributed by atoms with E-state index in [9.17, 15) is 14.4 Å². The fourth-order valence-corrected chi connectivity index (χ4v) is 10.5. The third-order valence-corrected chi connectivity index (χ3v) is 15.7. The molecule has 0 amide bonds. The number of esters is 3. The van der Waals surface area contributed by atoms with E-state index in [1.165, 1.54) is 283 Å². The van der Waals surface area contributed by atoms with Crippen molar-refractivity contribution in [1.29, 1.82) is 0 Å². The first kappa shape index (κ1) is 73.9. The number of unbranched alkanes of at least 4 members (excludes halogenated alkanes) is 49. The van der Waals surface area contributed by atoms with Crippen molar-refractivity contribution < 1.29 is 28.6 Å². The molecular formula is C70H132O6.